The van der Waals surface area contributed by atoms with E-state index in [1.165, 1.54) is 18.3 Å². The third-order valence-electron chi connectivity index (χ3n) is 5.70. The van der Waals surface area contributed by atoms with Crippen LogP contribution in [-0.2, 0) is 19.1 Å². The smallest absolute Gasteiger partial charge is 0.453 e. The summed E-state index contributed by atoms with van der Waals surface area (Å²) in [6.45, 7) is 4.38. The summed E-state index contributed by atoms with van der Waals surface area (Å²) in [5.41, 5.74) is 3.04. The average molecular weight is 458 g/mol. The Morgan fingerprint density at radius 1 is 1.06 bits per heavy atom. The maximum atomic E-state index is 13.9. The van der Waals surface area contributed by atoms with Crippen LogP contribution in [0.2, 0.25) is 0 Å². The van der Waals surface area contributed by atoms with Gasteiger partial charge in [-0.3, -0.25) is 4.98 Å². The Hall–Kier alpha value is -3.76. The number of fused-ring (bicyclic) bond motifs is 2. The number of pyridine rings is 1. The van der Waals surface area contributed by atoms with E-state index in [1.54, 1.807) is 32.0 Å². The zero-order chi connectivity index (χ0) is 23.3. The van der Waals surface area contributed by atoms with Gasteiger partial charge in [-0.15, -0.1) is 15.3 Å². The van der Waals surface area contributed by atoms with Gasteiger partial charge in [0.25, 0.3) is 5.82 Å². The molecular weight excluding hydrogens is 440 g/mol. The quantitative estimate of drug-likeness (QED) is 0.417. The zero-order valence-electron chi connectivity index (χ0n) is 17.7. The number of rotatable bonds is 3. The molecular formula is C22H18F4N6O. The van der Waals surface area contributed by atoms with Crippen molar-refractivity contribution in [2.24, 2.45) is 0 Å². The van der Waals surface area contributed by atoms with Crippen LogP contribution in [-0.4, -0.2) is 31.3 Å². The van der Waals surface area contributed by atoms with E-state index in [0.717, 1.165) is 21.3 Å². The minimum atomic E-state index is -4.68. The summed E-state index contributed by atoms with van der Waals surface area (Å²) in [5, 5.41) is 11.2. The number of benzene rings is 1. The minimum absolute atomic E-state index is 0.0724. The van der Waals surface area contributed by atoms with Gasteiger partial charge in [-0.1, -0.05) is 12.1 Å². The standard InChI is InChI=1S/C22H18F4N6O/c1-12-13(2)20(30-32-19(12)28-29-21(32)22(24,25)26)31-8-7-17-14(11-31)9-15(10-27-17)33-18-6-4-3-5-16(18)23/h3-6,9-10H,7-8,11H2,1-2H3. The maximum Gasteiger partial charge on any atom is 0.453 e. The third kappa shape index (κ3) is 3.73. The molecule has 0 N–H and O–H groups in total. The van der Waals surface area contributed by atoms with Gasteiger partial charge in [0.15, 0.2) is 23.0 Å². The molecule has 0 bridgehead atoms. The number of ether oxygens (including phenoxy) is 1. The number of alkyl halides is 3. The van der Waals surface area contributed by atoms with E-state index in [-0.39, 0.29) is 11.4 Å². The van der Waals surface area contributed by atoms with Crippen molar-refractivity contribution < 1.29 is 22.3 Å². The predicted octanol–water partition coefficient (Wildman–Crippen LogP) is 4.65. The Morgan fingerprint density at radius 2 is 1.85 bits per heavy atom. The number of hydrogen-bond acceptors (Lipinski definition) is 6. The number of para-hydroxylation sites is 1. The lowest BCUT2D eigenvalue weighted by Gasteiger charge is -2.30. The molecule has 1 aromatic carbocycles. The maximum absolute atomic E-state index is 13.9. The van der Waals surface area contributed by atoms with E-state index in [9.17, 15) is 17.6 Å². The van der Waals surface area contributed by atoms with E-state index >= 15 is 0 Å². The lowest BCUT2D eigenvalue weighted by molar-refractivity contribution is -0.146. The van der Waals surface area contributed by atoms with Gasteiger partial charge < -0.3 is 9.64 Å². The van der Waals surface area contributed by atoms with Crippen molar-refractivity contribution in [2.45, 2.75) is 33.0 Å². The number of nitrogens with zero attached hydrogens (tertiary/aromatic N) is 6. The van der Waals surface area contributed by atoms with Crippen LogP contribution in [0, 0.1) is 19.7 Å². The Kier molecular flexibility index (Phi) is 4.91. The Balaban J connectivity index is 1.50. The van der Waals surface area contributed by atoms with Crippen LogP contribution in [0.5, 0.6) is 11.5 Å². The largest absolute Gasteiger partial charge is 0.453 e. The second-order valence-electron chi connectivity index (χ2n) is 7.81. The highest BCUT2D eigenvalue weighted by molar-refractivity contribution is 5.60. The van der Waals surface area contributed by atoms with Crippen LogP contribution in [0.4, 0.5) is 23.4 Å². The average Bonchev–Trinajstić information content (AvgIpc) is 3.22. The van der Waals surface area contributed by atoms with Crippen molar-refractivity contribution in [3.63, 3.8) is 0 Å². The molecule has 0 atom stereocenters. The van der Waals surface area contributed by atoms with Crippen molar-refractivity contribution in [1.29, 1.82) is 0 Å². The molecule has 4 aromatic rings. The van der Waals surface area contributed by atoms with Crippen LogP contribution in [0.25, 0.3) is 5.65 Å². The first kappa shape index (κ1) is 21.1. The molecule has 0 saturated heterocycles. The number of aromatic nitrogens is 5. The van der Waals surface area contributed by atoms with Crippen molar-refractivity contribution in [3.05, 3.63) is 70.6 Å². The molecule has 0 unspecified atom stereocenters. The monoisotopic (exact) mass is 458 g/mol. The molecule has 0 amide bonds. The summed E-state index contributed by atoms with van der Waals surface area (Å²) in [6.07, 6.45) is -2.57. The summed E-state index contributed by atoms with van der Waals surface area (Å²) in [6, 6.07) is 7.82. The molecule has 0 aliphatic carbocycles. The van der Waals surface area contributed by atoms with Crippen LogP contribution in [0.15, 0.2) is 36.5 Å². The molecule has 0 fully saturated rings. The molecule has 5 rings (SSSR count). The second-order valence-corrected chi connectivity index (χ2v) is 7.81. The highest BCUT2D eigenvalue weighted by Gasteiger charge is 2.38. The highest BCUT2D eigenvalue weighted by atomic mass is 19.4. The van der Waals surface area contributed by atoms with Crippen molar-refractivity contribution >= 4 is 11.5 Å². The minimum Gasteiger partial charge on any atom is -0.453 e. The van der Waals surface area contributed by atoms with Gasteiger partial charge in [-0.2, -0.15) is 17.7 Å². The van der Waals surface area contributed by atoms with Crippen molar-refractivity contribution in [2.75, 3.05) is 11.4 Å². The Morgan fingerprint density at radius 3 is 2.61 bits per heavy atom. The van der Waals surface area contributed by atoms with Crippen LogP contribution < -0.4 is 9.64 Å². The first-order valence-electron chi connectivity index (χ1n) is 10.2. The normalized spacial score (nSPS) is 13.9. The van der Waals surface area contributed by atoms with E-state index in [0.29, 0.717) is 36.6 Å². The predicted molar refractivity (Wildman–Crippen MR) is 111 cm³/mol. The molecule has 0 saturated carbocycles. The molecule has 4 heterocycles. The molecule has 0 spiro atoms. The molecule has 170 valence electrons. The van der Waals surface area contributed by atoms with Crippen molar-refractivity contribution in [3.8, 4) is 11.5 Å². The zero-order valence-corrected chi connectivity index (χ0v) is 17.7. The van der Waals surface area contributed by atoms with E-state index < -0.39 is 17.8 Å². The summed E-state index contributed by atoms with van der Waals surface area (Å²) in [5.74, 6) is -0.791. The van der Waals surface area contributed by atoms with Gasteiger partial charge in [-0.05, 0) is 37.6 Å². The van der Waals surface area contributed by atoms with Crippen molar-refractivity contribution in [1.82, 2.24) is 24.8 Å². The number of anilines is 1. The fourth-order valence-electron chi connectivity index (χ4n) is 3.89. The molecule has 3 aromatic heterocycles. The fourth-order valence-corrected chi connectivity index (χ4v) is 3.89. The summed E-state index contributed by atoms with van der Waals surface area (Å²) in [7, 11) is 0. The first-order valence-corrected chi connectivity index (χ1v) is 10.2. The first-order chi connectivity index (χ1) is 15.7. The molecule has 1 aliphatic rings. The number of halogens is 4. The van der Waals surface area contributed by atoms with Crippen LogP contribution in [0.1, 0.15) is 28.2 Å². The van der Waals surface area contributed by atoms with E-state index in [2.05, 4.69) is 20.3 Å². The summed E-state index contributed by atoms with van der Waals surface area (Å²) >= 11 is 0. The van der Waals surface area contributed by atoms with Gasteiger partial charge in [0.05, 0.1) is 6.20 Å². The van der Waals surface area contributed by atoms with Gasteiger partial charge in [0.1, 0.15) is 5.75 Å². The Bertz CT molecular complexity index is 1370. The van der Waals surface area contributed by atoms with Gasteiger partial charge in [0, 0.05) is 36.3 Å². The lowest BCUT2D eigenvalue weighted by Crippen LogP contribution is -2.33. The molecule has 11 heteroatoms. The van der Waals surface area contributed by atoms with Gasteiger partial charge >= 0.3 is 6.18 Å². The third-order valence-corrected chi connectivity index (χ3v) is 5.70. The van der Waals surface area contributed by atoms with Crippen LogP contribution in [0.3, 0.4) is 0 Å². The van der Waals surface area contributed by atoms with Crippen LogP contribution >= 0.6 is 0 Å². The Labute approximate surface area is 185 Å². The molecule has 1 aliphatic heterocycles. The van der Waals surface area contributed by atoms with E-state index in [4.69, 9.17) is 4.74 Å². The number of aryl methyl sites for hydroxylation is 1. The summed E-state index contributed by atoms with van der Waals surface area (Å²) in [4.78, 5) is 6.32. The second kappa shape index (κ2) is 7.68. The fraction of sp³-hybridized carbons (Fsp3) is 0.273. The SMILES string of the molecule is Cc1c(N2CCc3ncc(Oc4ccccc4F)cc3C2)nn2c(C(F)(F)F)nnc2c1C. The van der Waals surface area contributed by atoms with Gasteiger partial charge in [-0.25, -0.2) is 4.39 Å². The number of hydrogen-bond donors (Lipinski definition) is 0. The molecule has 7 nitrogen and oxygen atoms in total. The molecule has 0 radical (unpaired) electrons. The summed E-state index contributed by atoms with van der Waals surface area (Å²) < 4.78 is 60.5. The van der Waals surface area contributed by atoms with Gasteiger partial charge in [0.2, 0.25) is 0 Å². The lowest BCUT2D eigenvalue weighted by atomic mass is 10.0. The van der Waals surface area contributed by atoms with E-state index in [1.807, 2.05) is 4.90 Å². The molecule has 33 heavy (non-hydrogen) atoms. The topological polar surface area (TPSA) is 68.4 Å². The highest BCUT2D eigenvalue weighted by Crippen LogP contribution is 2.33.